The molecule has 32 heavy (non-hydrogen) atoms. The molecular weight excluding hydrogens is 424 g/mol. The molecule has 2 aromatic rings. The molecule has 0 aromatic heterocycles. The van der Waals surface area contributed by atoms with Crippen molar-refractivity contribution < 1.29 is 32.6 Å². The Balaban J connectivity index is 1.55. The van der Waals surface area contributed by atoms with Crippen LogP contribution in [0.25, 0.3) is 0 Å². The number of carbonyl (C=O) groups excluding carboxylic acids is 2. The second-order valence-corrected chi connectivity index (χ2v) is 7.16. The Kier molecular flexibility index (Phi) is 7.47. The van der Waals surface area contributed by atoms with Crippen LogP contribution in [0.5, 0.6) is 17.2 Å². The smallest absolute Gasteiger partial charge is 0.254 e. The monoisotopic (exact) mass is 449 g/mol. The predicted molar refractivity (Wildman–Crippen MR) is 113 cm³/mol. The number of anilines is 1. The molecule has 2 aromatic carbocycles. The van der Waals surface area contributed by atoms with Crippen molar-refractivity contribution in [2.45, 2.75) is 0 Å². The average molecular weight is 449 g/mol. The molecule has 0 bridgehead atoms. The van der Waals surface area contributed by atoms with E-state index in [9.17, 15) is 18.4 Å². The molecule has 0 spiro atoms. The number of rotatable bonds is 7. The summed E-state index contributed by atoms with van der Waals surface area (Å²) >= 11 is 0. The molecule has 0 unspecified atom stereocenters. The Labute approximate surface area is 184 Å². The van der Waals surface area contributed by atoms with E-state index in [0.29, 0.717) is 49.1 Å². The molecule has 8 nitrogen and oxygen atoms in total. The first-order valence-corrected chi connectivity index (χ1v) is 9.92. The van der Waals surface area contributed by atoms with Crippen molar-refractivity contribution in [3.05, 3.63) is 47.5 Å². The van der Waals surface area contributed by atoms with E-state index in [1.165, 1.54) is 27.4 Å². The van der Waals surface area contributed by atoms with Crippen molar-refractivity contribution in [3.8, 4) is 17.2 Å². The number of methoxy groups -OCH3 is 3. The van der Waals surface area contributed by atoms with Gasteiger partial charge in [0.1, 0.15) is 0 Å². The third-order valence-electron chi connectivity index (χ3n) is 5.14. The zero-order valence-electron chi connectivity index (χ0n) is 18.1. The maximum absolute atomic E-state index is 13.4. The summed E-state index contributed by atoms with van der Waals surface area (Å²) in [4.78, 5) is 28.5. The average Bonchev–Trinajstić information content (AvgIpc) is 2.80. The maximum Gasteiger partial charge on any atom is 0.254 e. The number of ether oxygens (including phenoxy) is 3. The van der Waals surface area contributed by atoms with Crippen LogP contribution in [0.2, 0.25) is 0 Å². The van der Waals surface area contributed by atoms with E-state index in [-0.39, 0.29) is 23.9 Å². The topological polar surface area (TPSA) is 80.3 Å². The number of carbonyl (C=O) groups is 2. The molecule has 2 amide bonds. The number of piperazine rings is 1. The molecule has 1 N–H and O–H groups in total. The van der Waals surface area contributed by atoms with Gasteiger partial charge in [-0.25, -0.2) is 8.78 Å². The highest BCUT2D eigenvalue weighted by atomic mass is 19.2. The van der Waals surface area contributed by atoms with Gasteiger partial charge in [-0.05, 0) is 18.2 Å². The van der Waals surface area contributed by atoms with Crippen LogP contribution in [-0.4, -0.2) is 75.7 Å². The van der Waals surface area contributed by atoms with E-state index >= 15 is 0 Å². The van der Waals surface area contributed by atoms with Crippen molar-refractivity contribution in [1.82, 2.24) is 9.80 Å². The molecule has 1 saturated heterocycles. The number of amides is 2. The molecule has 0 saturated carbocycles. The van der Waals surface area contributed by atoms with Crippen molar-refractivity contribution in [3.63, 3.8) is 0 Å². The van der Waals surface area contributed by atoms with Gasteiger partial charge in [0.2, 0.25) is 11.7 Å². The normalized spacial score (nSPS) is 14.1. The van der Waals surface area contributed by atoms with Gasteiger partial charge in [-0.2, -0.15) is 0 Å². The van der Waals surface area contributed by atoms with Crippen LogP contribution in [0, 0.1) is 11.6 Å². The number of benzene rings is 2. The van der Waals surface area contributed by atoms with Crippen molar-refractivity contribution >= 4 is 17.5 Å². The van der Waals surface area contributed by atoms with Gasteiger partial charge in [-0.1, -0.05) is 0 Å². The number of hydrogen-bond acceptors (Lipinski definition) is 6. The molecule has 0 atom stereocenters. The lowest BCUT2D eigenvalue weighted by molar-refractivity contribution is -0.117. The van der Waals surface area contributed by atoms with E-state index in [2.05, 4.69) is 5.32 Å². The lowest BCUT2D eigenvalue weighted by Crippen LogP contribution is -2.50. The Morgan fingerprint density at radius 2 is 1.53 bits per heavy atom. The highest BCUT2D eigenvalue weighted by Gasteiger charge is 2.24. The van der Waals surface area contributed by atoms with Crippen LogP contribution in [-0.2, 0) is 4.79 Å². The zero-order valence-corrected chi connectivity index (χ0v) is 18.1. The molecular formula is C22H25F2N3O5. The van der Waals surface area contributed by atoms with E-state index in [0.717, 1.165) is 12.1 Å². The minimum atomic E-state index is -1.06. The quantitative estimate of drug-likeness (QED) is 0.699. The molecule has 10 heteroatoms. The third-order valence-corrected chi connectivity index (χ3v) is 5.14. The van der Waals surface area contributed by atoms with Crippen molar-refractivity contribution in [1.29, 1.82) is 0 Å². The van der Waals surface area contributed by atoms with Crippen LogP contribution in [0.3, 0.4) is 0 Å². The summed E-state index contributed by atoms with van der Waals surface area (Å²) in [6, 6.07) is 6.37. The summed E-state index contributed by atoms with van der Waals surface area (Å²) in [5, 5.41) is 2.81. The fraction of sp³-hybridized carbons (Fsp3) is 0.364. The lowest BCUT2D eigenvalue weighted by atomic mass is 10.1. The largest absolute Gasteiger partial charge is 0.493 e. The molecule has 1 aliphatic rings. The first-order chi connectivity index (χ1) is 15.4. The maximum atomic E-state index is 13.4. The van der Waals surface area contributed by atoms with Gasteiger partial charge in [0.15, 0.2) is 23.1 Å². The SMILES string of the molecule is COc1cc(NC(=O)CN2CCN(C(=O)c3ccc(F)c(F)c3)CC2)cc(OC)c1OC. The minimum absolute atomic E-state index is 0.0949. The lowest BCUT2D eigenvalue weighted by Gasteiger charge is -2.34. The van der Waals surface area contributed by atoms with Gasteiger partial charge >= 0.3 is 0 Å². The highest BCUT2D eigenvalue weighted by molar-refractivity contribution is 5.94. The van der Waals surface area contributed by atoms with Crippen LogP contribution in [0.1, 0.15) is 10.4 Å². The van der Waals surface area contributed by atoms with Crippen molar-refractivity contribution in [2.75, 3.05) is 59.4 Å². The zero-order chi connectivity index (χ0) is 23.3. The molecule has 1 aliphatic heterocycles. The minimum Gasteiger partial charge on any atom is -0.493 e. The van der Waals surface area contributed by atoms with Gasteiger partial charge in [0, 0.05) is 49.6 Å². The molecule has 0 radical (unpaired) electrons. The van der Waals surface area contributed by atoms with Crippen LogP contribution in [0.4, 0.5) is 14.5 Å². The Bertz CT molecular complexity index is 969. The van der Waals surface area contributed by atoms with Crippen LogP contribution < -0.4 is 19.5 Å². The number of nitrogens with zero attached hydrogens (tertiary/aromatic N) is 2. The Hall–Kier alpha value is -3.40. The Morgan fingerprint density at radius 3 is 2.06 bits per heavy atom. The fourth-order valence-electron chi connectivity index (χ4n) is 3.48. The summed E-state index contributed by atoms with van der Waals surface area (Å²) in [5.74, 6) is -1.39. The van der Waals surface area contributed by atoms with Gasteiger partial charge < -0.3 is 24.4 Å². The second-order valence-electron chi connectivity index (χ2n) is 7.16. The highest BCUT2D eigenvalue weighted by Crippen LogP contribution is 2.39. The molecule has 172 valence electrons. The van der Waals surface area contributed by atoms with Crippen LogP contribution >= 0.6 is 0 Å². The predicted octanol–water partition coefficient (Wildman–Crippen LogP) is 2.39. The third kappa shape index (κ3) is 5.25. The summed E-state index contributed by atoms with van der Waals surface area (Å²) in [7, 11) is 4.48. The standard InChI is InChI=1S/C22H25F2N3O5/c1-30-18-11-15(12-19(31-2)21(18)32-3)25-20(28)13-26-6-8-27(9-7-26)22(29)14-4-5-16(23)17(24)10-14/h4-5,10-12H,6-9,13H2,1-3H3,(H,25,28). The summed E-state index contributed by atoms with van der Waals surface area (Å²) in [5.41, 5.74) is 0.592. The fourth-order valence-corrected chi connectivity index (χ4v) is 3.48. The first-order valence-electron chi connectivity index (χ1n) is 9.92. The van der Waals surface area contributed by atoms with E-state index in [4.69, 9.17) is 14.2 Å². The van der Waals surface area contributed by atoms with Crippen molar-refractivity contribution in [2.24, 2.45) is 0 Å². The second kappa shape index (κ2) is 10.3. The first kappa shape index (κ1) is 23.3. The number of nitrogens with one attached hydrogen (secondary N) is 1. The summed E-state index contributed by atoms with van der Waals surface area (Å²) < 4.78 is 42.3. The van der Waals surface area contributed by atoms with Gasteiger partial charge in [-0.3, -0.25) is 14.5 Å². The van der Waals surface area contributed by atoms with E-state index in [1.807, 2.05) is 4.90 Å². The summed E-state index contributed by atoms with van der Waals surface area (Å²) in [6.07, 6.45) is 0. The molecule has 3 rings (SSSR count). The van der Waals surface area contributed by atoms with Crippen LogP contribution in [0.15, 0.2) is 30.3 Å². The summed E-state index contributed by atoms with van der Waals surface area (Å²) in [6.45, 7) is 1.81. The molecule has 1 heterocycles. The van der Waals surface area contributed by atoms with Gasteiger partial charge in [0.05, 0.1) is 27.9 Å². The van der Waals surface area contributed by atoms with Gasteiger partial charge in [0.25, 0.3) is 5.91 Å². The molecule has 1 fully saturated rings. The van der Waals surface area contributed by atoms with Gasteiger partial charge in [-0.15, -0.1) is 0 Å². The van der Waals surface area contributed by atoms with E-state index < -0.39 is 11.6 Å². The Morgan fingerprint density at radius 1 is 0.906 bits per heavy atom. The number of hydrogen-bond donors (Lipinski definition) is 1. The molecule has 0 aliphatic carbocycles. The number of halogens is 2. The van der Waals surface area contributed by atoms with E-state index in [1.54, 1.807) is 17.0 Å².